The maximum Gasteiger partial charge on any atom is 0.420 e. The summed E-state index contributed by atoms with van der Waals surface area (Å²) in [4.78, 5) is 34.4. The highest BCUT2D eigenvalue weighted by atomic mass is 127. The molecule has 0 radical (unpaired) electrons. The lowest BCUT2D eigenvalue weighted by atomic mass is 10.0. The van der Waals surface area contributed by atoms with Gasteiger partial charge in [-0.25, -0.2) is 4.79 Å². The molecule has 3 rings (SSSR count). The van der Waals surface area contributed by atoms with Gasteiger partial charge in [-0.2, -0.15) is 0 Å². The third-order valence-corrected chi connectivity index (χ3v) is 4.29. The minimum Gasteiger partial charge on any atom is -0.468 e. The zero-order chi connectivity index (χ0) is 18.1. The van der Waals surface area contributed by atoms with Gasteiger partial charge in [0.15, 0.2) is 5.58 Å². The van der Waals surface area contributed by atoms with Crippen molar-refractivity contribution in [1.82, 2.24) is 4.57 Å². The van der Waals surface area contributed by atoms with Crippen molar-refractivity contribution in [2.75, 3.05) is 7.11 Å². The van der Waals surface area contributed by atoms with Crippen LogP contribution in [0.4, 0.5) is 5.69 Å². The van der Waals surface area contributed by atoms with Crippen LogP contribution in [0, 0.1) is 13.7 Å². The van der Waals surface area contributed by atoms with Crippen LogP contribution in [0.25, 0.3) is 22.2 Å². The first-order valence-electron chi connectivity index (χ1n) is 7.05. The molecular weight excluding hydrogens is 443 g/mol. The number of nitro benzene ring substituents is 1. The summed E-state index contributed by atoms with van der Waals surface area (Å²) >= 11 is 2.12. The summed E-state index contributed by atoms with van der Waals surface area (Å²) in [6.07, 6.45) is 0. The summed E-state index contributed by atoms with van der Waals surface area (Å²) < 4.78 is 11.8. The number of carbonyl (C=O) groups excluding carboxylic acids is 1. The number of hydrogen-bond donors (Lipinski definition) is 0. The number of benzene rings is 2. The van der Waals surface area contributed by atoms with E-state index in [4.69, 9.17) is 4.42 Å². The van der Waals surface area contributed by atoms with Gasteiger partial charge in [0.05, 0.1) is 17.5 Å². The van der Waals surface area contributed by atoms with Crippen molar-refractivity contribution < 1.29 is 18.9 Å². The molecular formula is C16H11IN2O6. The highest BCUT2D eigenvalue weighted by Crippen LogP contribution is 2.33. The maximum atomic E-state index is 12.1. The molecule has 0 bridgehead atoms. The molecule has 9 heteroatoms. The molecule has 0 aliphatic rings. The standard InChI is InChI=1S/C16H11IN2O6/c1-24-14(20)8-18-13-7-11(19(22)23)6-12(15(13)25-16(18)21)9-3-2-4-10(17)5-9/h2-7H,8H2,1H3. The van der Waals surface area contributed by atoms with Crippen LogP contribution in [-0.2, 0) is 16.1 Å². The Hall–Kier alpha value is -2.69. The van der Waals surface area contributed by atoms with E-state index in [1.807, 2.05) is 12.1 Å². The van der Waals surface area contributed by atoms with E-state index < -0.39 is 23.2 Å². The van der Waals surface area contributed by atoms with Gasteiger partial charge in [-0.1, -0.05) is 12.1 Å². The van der Waals surface area contributed by atoms with Gasteiger partial charge in [-0.3, -0.25) is 19.5 Å². The van der Waals surface area contributed by atoms with E-state index in [1.54, 1.807) is 12.1 Å². The van der Waals surface area contributed by atoms with E-state index in [0.29, 0.717) is 11.1 Å². The number of halogens is 1. The average Bonchev–Trinajstić information content (AvgIpc) is 2.89. The number of carbonyl (C=O) groups is 1. The Morgan fingerprint density at radius 3 is 2.76 bits per heavy atom. The predicted molar refractivity (Wildman–Crippen MR) is 97.3 cm³/mol. The third-order valence-electron chi connectivity index (χ3n) is 3.62. The first-order chi connectivity index (χ1) is 11.9. The second-order valence-corrected chi connectivity index (χ2v) is 6.38. The van der Waals surface area contributed by atoms with Gasteiger partial charge in [0.25, 0.3) is 5.69 Å². The van der Waals surface area contributed by atoms with Crippen LogP contribution in [0.3, 0.4) is 0 Å². The number of oxazole rings is 1. The molecule has 0 N–H and O–H groups in total. The summed E-state index contributed by atoms with van der Waals surface area (Å²) in [5, 5.41) is 11.3. The smallest absolute Gasteiger partial charge is 0.420 e. The normalized spacial score (nSPS) is 10.8. The first-order valence-corrected chi connectivity index (χ1v) is 8.13. The molecule has 0 unspecified atom stereocenters. The van der Waals surface area contributed by atoms with Crippen LogP contribution in [0.2, 0.25) is 0 Å². The summed E-state index contributed by atoms with van der Waals surface area (Å²) in [5.74, 6) is -1.44. The van der Waals surface area contributed by atoms with Gasteiger partial charge in [0, 0.05) is 21.3 Å². The highest BCUT2D eigenvalue weighted by Gasteiger charge is 2.21. The van der Waals surface area contributed by atoms with Gasteiger partial charge in [0.2, 0.25) is 0 Å². The fourth-order valence-electron chi connectivity index (χ4n) is 2.47. The SMILES string of the molecule is COC(=O)Cn1c(=O)oc2c(-c3cccc(I)c3)cc([N+](=O)[O-])cc21. The number of esters is 1. The van der Waals surface area contributed by atoms with E-state index in [9.17, 15) is 19.7 Å². The number of ether oxygens (including phenoxy) is 1. The van der Waals surface area contributed by atoms with Crippen LogP contribution in [0.15, 0.2) is 45.6 Å². The molecule has 8 nitrogen and oxygen atoms in total. The van der Waals surface area contributed by atoms with Crippen LogP contribution >= 0.6 is 22.6 Å². The van der Waals surface area contributed by atoms with Gasteiger partial charge < -0.3 is 9.15 Å². The van der Waals surface area contributed by atoms with Gasteiger partial charge in [-0.15, -0.1) is 0 Å². The topological polar surface area (TPSA) is 105 Å². The van der Waals surface area contributed by atoms with E-state index in [-0.39, 0.29) is 16.8 Å². The Balaban J connectivity index is 2.33. The van der Waals surface area contributed by atoms with Crippen molar-refractivity contribution in [3.63, 3.8) is 0 Å². The fraction of sp³-hybridized carbons (Fsp3) is 0.125. The summed E-state index contributed by atoms with van der Waals surface area (Å²) in [5.41, 5.74) is 1.21. The Bertz CT molecular complexity index is 1050. The second-order valence-electron chi connectivity index (χ2n) is 5.14. The largest absolute Gasteiger partial charge is 0.468 e. The van der Waals surface area contributed by atoms with Crippen molar-refractivity contribution in [2.24, 2.45) is 0 Å². The summed E-state index contributed by atoms with van der Waals surface area (Å²) in [6, 6.07) is 9.80. The molecule has 0 fully saturated rings. The number of nitro groups is 1. The Morgan fingerprint density at radius 1 is 1.36 bits per heavy atom. The predicted octanol–water partition coefficient (Wildman–Crippen LogP) is 2.95. The maximum absolute atomic E-state index is 12.1. The number of fused-ring (bicyclic) bond motifs is 1. The molecule has 1 aromatic heterocycles. The van der Waals surface area contributed by atoms with Gasteiger partial charge in [-0.05, 0) is 40.3 Å². The number of non-ortho nitro benzene ring substituents is 1. The van der Waals surface area contributed by atoms with Gasteiger partial charge in [0.1, 0.15) is 6.54 Å². The molecule has 0 saturated carbocycles. The zero-order valence-corrected chi connectivity index (χ0v) is 15.1. The van der Waals surface area contributed by atoms with Crippen molar-refractivity contribution in [3.8, 4) is 11.1 Å². The number of nitrogens with zero attached hydrogens (tertiary/aromatic N) is 2. The second kappa shape index (κ2) is 6.67. The Labute approximate surface area is 154 Å². The van der Waals surface area contributed by atoms with E-state index in [2.05, 4.69) is 27.3 Å². The van der Waals surface area contributed by atoms with Gasteiger partial charge >= 0.3 is 11.7 Å². The van der Waals surface area contributed by atoms with Crippen LogP contribution in [0.1, 0.15) is 0 Å². The van der Waals surface area contributed by atoms with E-state index in [1.165, 1.54) is 19.2 Å². The average molecular weight is 454 g/mol. The quantitative estimate of drug-likeness (QED) is 0.260. The lowest BCUT2D eigenvalue weighted by Crippen LogP contribution is -2.20. The van der Waals surface area contributed by atoms with Crippen molar-refractivity contribution >= 4 is 45.3 Å². The highest BCUT2D eigenvalue weighted by molar-refractivity contribution is 14.1. The Kier molecular flexibility index (Phi) is 4.57. The molecule has 3 aromatic rings. The van der Waals surface area contributed by atoms with Crippen LogP contribution in [-0.4, -0.2) is 22.6 Å². The molecule has 0 spiro atoms. The van der Waals surface area contributed by atoms with Crippen molar-refractivity contribution in [1.29, 1.82) is 0 Å². The summed E-state index contributed by atoms with van der Waals surface area (Å²) in [6.45, 7) is -0.394. The van der Waals surface area contributed by atoms with E-state index in [0.717, 1.165) is 8.14 Å². The molecule has 1 heterocycles. The van der Waals surface area contributed by atoms with Crippen LogP contribution in [0.5, 0.6) is 0 Å². The lowest BCUT2D eigenvalue weighted by Gasteiger charge is -2.05. The summed E-state index contributed by atoms with van der Waals surface area (Å²) in [7, 11) is 1.19. The molecule has 0 atom stereocenters. The molecule has 0 aliphatic carbocycles. The molecule has 0 amide bonds. The molecule has 0 saturated heterocycles. The monoisotopic (exact) mass is 454 g/mol. The molecule has 2 aromatic carbocycles. The Morgan fingerprint density at radius 2 is 2.12 bits per heavy atom. The fourth-order valence-corrected chi connectivity index (χ4v) is 3.01. The zero-order valence-electron chi connectivity index (χ0n) is 12.9. The van der Waals surface area contributed by atoms with Crippen LogP contribution < -0.4 is 5.76 Å². The number of methoxy groups -OCH3 is 1. The minimum atomic E-state index is -0.784. The van der Waals surface area contributed by atoms with E-state index >= 15 is 0 Å². The first kappa shape index (κ1) is 17.1. The van der Waals surface area contributed by atoms with Crippen molar-refractivity contribution in [2.45, 2.75) is 6.54 Å². The lowest BCUT2D eigenvalue weighted by molar-refractivity contribution is -0.384. The number of rotatable bonds is 4. The minimum absolute atomic E-state index is 0.165. The molecule has 25 heavy (non-hydrogen) atoms. The molecule has 128 valence electrons. The third kappa shape index (κ3) is 3.27. The molecule has 0 aliphatic heterocycles. The number of aromatic nitrogens is 1. The van der Waals surface area contributed by atoms with Crippen molar-refractivity contribution in [3.05, 3.63) is 60.6 Å². The number of hydrogen-bond acceptors (Lipinski definition) is 6.